The molecule has 1 aromatic heterocycles. The fourth-order valence-corrected chi connectivity index (χ4v) is 1.83. The SMILES string of the molecule is COc1ccc(-c2nnc(CN(C)CC(=O)N(C)C)o2)cc1. The number of aromatic nitrogens is 2. The van der Waals surface area contributed by atoms with Crippen LogP contribution in [-0.4, -0.2) is 60.7 Å². The minimum Gasteiger partial charge on any atom is -0.497 e. The van der Waals surface area contributed by atoms with Gasteiger partial charge in [-0.2, -0.15) is 0 Å². The smallest absolute Gasteiger partial charge is 0.247 e. The fourth-order valence-electron chi connectivity index (χ4n) is 1.83. The number of rotatable bonds is 6. The van der Waals surface area contributed by atoms with E-state index in [-0.39, 0.29) is 5.91 Å². The van der Waals surface area contributed by atoms with E-state index in [9.17, 15) is 4.79 Å². The van der Waals surface area contributed by atoms with Gasteiger partial charge < -0.3 is 14.1 Å². The van der Waals surface area contributed by atoms with Crippen molar-refractivity contribution in [1.29, 1.82) is 0 Å². The Kier molecular flexibility index (Phi) is 5.11. The van der Waals surface area contributed by atoms with Gasteiger partial charge in [-0.05, 0) is 31.3 Å². The van der Waals surface area contributed by atoms with Crippen LogP contribution in [0.2, 0.25) is 0 Å². The number of hydrogen-bond acceptors (Lipinski definition) is 6. The molecular weight excluding hydrogens is 284 g/mol. The zero-order chi connectivity index (χ0) is 16.1. The molecule has 1 heterocycles. The zero-order valence-corrected chi connectivity index (χ0v) is 13.2. The first-order valence-corrected chi connectivity index (χ1v) is 6.85. The number of carbonyl (C=O) groups is 1. The van der Waals surface area contributed by atoms with Crippen LogP contribution in [0.25, 0.3) is 11.5 Å². The van der Waals surface area contributed by atoms with Crippen LogP contribution in [0, 0.1) is 0 Å². The lowest BCUT2D eigenvalue weighted by Crippen LogP contribution is -2.34. The Morgan fingerprint density at radius 3 is 2.45 bits per heavy atom. The second-order valence-corrected chi connectivity index (χ2v) is 5.19. The van der Waals surface area contributed by atoms with Crippen molar-refractivity contribution in [3.05, 3.63) is 30.2 Å². The highest BCUT2D eigenvalue weighted by Gasteiger charge is 2.13. The highest BCUT2D eigenvalue weighted by Crippen LogP contribution is 2.21. The maximum absolute atomic E-state index is 11.6. The van der Waals surface area contributed by atoms with Crippen LogP contribution in [0.3, 0.4) is 0 Å². The first-order chi connectivity index (χ1) is 10.5. The van der Waals surface area contributed by atoms with Gasteiger partial charge in [0.1, 0.15) is 5.75 Å². The predicted molar refractivity (Wildman–Crippen MR) is 81.3 cm³/mol. The number of benzene rings is 1. The number of methoxy groups -OCH3 is 1. The molecule has 7 nitrogen and oxygen atoms in total. The topological polar surface area (TPSA) is 71.7 Å². The third kappa shape index (κ3) is 4.05. The Morgan fingerprint density at radius 1 is 1.18 bits per heavy atom. The number of carbonyl (C=O) groups excluding carboxylic acids is 1. The van der Waals surface area contributed by atoms with E-state index in [0.717, 1.165) is 11.3 Å². The number of ether oxygens (including phenoxy) is 1. The summed E-state index contributed by atoms with van der Waals surface area (Å²) in [4.78, 5) is 15.0. The van der Waals surface area contributed by atoms with Crippen LogP contribution in [0.1, 0.15) is 5.89 Å². The number of nitrogens with zero attached hydrogens (tertiary/aromatic N) is 4. The van der Waals surface area contributed by atoms with Gasteiger partial charge in [-0.3, -0.25) is 9.69 Å². The molecule has 0 unspecified atom stereocenters. The largest absolute Gasteiger partial charge is 0.497 e. The van der Waals surface area contributed by atoms with Gasteiger partial charge in [-0.15, -0.1) is 10.2 Å². The van der Waals surface area contributed by atoms with E-state index in [1.54, 1.807) is 26.1 Å². The molecule has 1 aromatic carbocycles. The van der Waals surface area contributed by atoms with Crippen molar-refractivity contribution >= 4 is 5.91 Å². The quantitative estimate of drug-likeness (QED) is 0.800. The first-order valence-electron chi connectivity index (χ1n) is 6.85. The van der Waals surface area contributed by atoms with Gasteiger partial charge in [0, 0.05) is 19.7 Å². The molecule has 0 bridgehead atoms. The molecule has 2 aromatic rings. The highest BCUT2D eigenvalue weighted by molar-refractivity contribution is 5.77. The molecule has 1 amide bonds. The minimum absolute atomic E-state index is 0.0254. The van der Waals surface area contributed by atoms with E-state index in [0.29, 0.717) is 24.9 Å². The maximum Gasteiger partial charge on any atom is 0.247 e. The van der Waals surface area contributed by atoms with Crippen molar-refractivity contribution in [3.8, 4) is 17.2 Å². The molecule has 0 aliphatic heterocycles. The van der Waals surface area contributed by atoms with E-state index in [2.05, 4.69) is 10.2 Å². The third-order valence-electron chi connectivity index (χ3n) is 3.11. The maximum atomic E-state index is 11.6. The minimum atomic E-state index is 0.0254. The van der Waals surface area contributed by atoms with Crippen molar-refractivity contribution in [2.24, 2.45) is 0 Å². The van der Waals surface area contributed by atoms with Gasteiger partial charge in [0.25, 0.3) is 0 Å². The first kappa shape index (κ1) is 16.0. The Balaban J connectivity index is 2.00. The van der Waals surface area contributed by atoms with Crippen LogP contribution in [0.5, 0.6) is 5.75 Å². The predicted octanol–water partition coefficient (Wildman–Crippen LogP) is 1.27. The summed E-state index contributed by atoms with van der Waals surface area (Å²) in [7, 11) is 6.90. The molecule has 2 rings (SSSR count). The molecule has 7 heteroatoms. The summed E-state index contributed by atoms with van der Waals surface area (Å²) in [5.41, 5.74) is 0.826. The van der Waals surface area contributed by atoms with Crippen molar-refractivity contribution in [3.63, 3.8) is 0 Å². The second kappa shape index (κ2) is 7.04. The van der Waals surface area contributed by atoms with Crippen LogP contribution in [0.4, 0.5) is 0 Å². The van der Waals surface area contributed by atoms with Crippen LogP contribution in [0.15, 0.2) is 28.7 Å². The Morgan fingerprint density at radius 2 is 1.86 bits per heavy atom. The van der Waals surface area contributed by atoms with E-state index < -0.39 is 0 Å². The van der Waals surface area contributed by atoms with Crippen molar-refractivity contribution in [1.82, 2.24) is 20.0 Å². The Hall–Kier alpha value is -2.41. The van der Waals surface area contributed by atoms with Gasteiger partial charge in [0.15, 0.2) is 0 Å². The normalized spacial score (nSPS) is 10.8. The molecule has 118 valence electrons. The molecule has 22 heavy (non-hydrogen) atoms. The molecule has 0 atom stereocenters. The standard InChI is InChI=1S/C15H20N4O3/c1-18(2)14(20)10-19(3)9-13-16-17-15(22-13)11-5-7-12(21-4)8-6-11/h5-8H,9-10H2,1-4H3. The van der Waals surface area contributed by atoms with Gasteiger partial charge in [-0.25, -0.2) is 0 Å². The monoisotopic (exact) mass is 304 g/mol. The lowest BCUT2D eigenvalue weighted by atomic mass is 10.2. The van der Waals surface area contributed by atoms with Gasteiger partial charge in [0.05, 0.1) is 20.2 Å². The highest BCUT2D eigenvalue weighted by atomic mass is 16.5. The van der Waals surface area contributed by atoms with Gasteiger partial charge >= 0.3 is 0 Å². The number of hydrogen-bond donors (Lipinski definition) is 0. The lowest BCUT2D eigenvalue weighted by Gasteiger charge is -2.16. The molecule has 0 aliphatic rings. The van der Waals surface area contributed by atoms with E-state index in [4.69, 9.17) is 9.15 Å². The Labute approximate surface area is 129 Å². The van der Waals surface area contributed by atoms with Gasteiger partial charge in [0.2, 0.25) is 17.7 Å². The average Bonchev–Trinajstić information content (AvgIpc) is 2.95. The summed E-state index contributed by atoms with van der Waals surface area (Å²) < 4.78 is 10.7. The lowest BCUT2D eigenvalue weighted by molar-refractivity contribution is -0.129. The zero-order valence-electron chi connectivity index (χ0n) is 13.2. The molecule has 0 N–H and O–H groups in total. The molecule has 0 saturated heterocycles. The summed E-state index contributed by atoms with van der Waals surface area (Å²) in [5, 5.41) is 8.04. The molecule has 0 saturated carbocycles. The van der Waals surface area contributed by atoms with Crippen molar-refractivity contribution in [2.75, 3.05) is 34.8 Å². The number of likely N-dealkylation sites (N-methyl/N-ethyl adjacent to an activating group) is 2. The van der Waals surface area contributed by atoms with Gasteiger partial charge in [-0.1, -0.05) is 0 Å². The summed E-state index contributed by atoms with van der Waals surface area (Å²) in [6.07, 6.45) is 0. The molecule has 0 spiro atoms. The summed E-state index contributed by atoms with van der Waals surface area (Å²) in [6.45, 7) is 0.718. The van der Waals surface area contributed by atoms with Crippen molar-refractivity contribution < 1.29 is 13.9 Å². The number of amides is 1. The fraction of sp³-hybridized carbons (Fsp3) is 0.400. The molecule has 0 radical (unpaired) electrons. The second-order valence-electron chi connectivity index (χ2n) is 5.19. The molecule has 0 fully saturated rings. The average molecular weight is 304 g/mol. The molecular formula is C15H20N4O3. The summed E-state index contributed by atoms with van der Waals surface area (Å²) in [6, 6.07) is 7.38. The third-order valence-corrected chi connectivity index (χ3v) is 3.11. The summed E-state index contributed by atoms with van der Waals surface area (Å²) in [5.74, 6) is 1.72. The van der Waals surface area contributed by atoms with Crippen LogP contribution in [-0.2, 0) is 11.3 Å². The molecule has 0 aliphatic carbocycles. The Bertz CT molecular complexity index is 622. The van der Waals surface area contributed by atoms with Crippen LogP contribution >= 0.6 is 0 Å². The van der Waals surface area contributed by atoms with E-state index >= 15 is 0 Å². The van der Waals surface area contributed by atoms with E-state index in [1.807, 2.05) is 36.2 Å². The summed E-state index contributed by atoms with van der Waals surface area (Å²) >= 11 is 0. The van der Waals surface area contributed by atoms with E-state index in [1.165, 1.54) is 0 Å². The van der Waals surface area contributed by atoms with Crippen LogP contribution < -0.4 is 4.74 Å². The van der Waals surface area contributed by atoms with Crippen molar-refractivity contribution in [2.45, 2.75) is 6.54 Å².